The van der Waals surface area contributed by atoms with Crippen molar-refractivity contribution in [3.63, 3.8) is 0 Å². The SMILES string of the molecule is CCCc1cc(Cc2cc(C)ccc2O)c(O)c(Cc2cc(C)ccc2O)c1. The zero-order valence-corrected chi connectivity index (χ0v) is 16.8. The highest BCUT2D eigenvalue weighted by molar-refractivity contribution is 5.51. The summed E-state index contributed by atoms with van der Waals surface area (Å²) < 4.78 is 0. The molecule has 3 aromatic carbocycles. The van der Waals surface area contributed by atoms with Gasteiger partial charge in [-0.3, -0.25) is 0 Å². The van der Waals surface area contributed by atoms with Crippen LogP contribution in [0.1, 0.15) is 52.3 Å². The van der Waals surface area contributed by atoms with Gasteiger partial charge in [0.1, 0.15) is 17.2 Å². The maximum Gasteiger partial charge on any atom is 0.122 e. The van der Waals surface area contributed by atoms with E-state index in [1.807, 2.05) is 50.2 Å². The summed E-state index contributed by atoms with van der Waals surface area (Å²) in [7, 11) is 0. The van der Waals surface area contributed by atoms with Gasteiger partial charge >= 0.3 is 0 Å². The second-order valence-corrected chi connectivity index (χ2v) is 7.63. The molecule has 0 spiro atoms. The molecule has 0 saturated carbocycles. The van der Waals surface area contributed by atoms with Crippen LogP contribution in [0.15, 0.2) is 48.5 Å². The smallest absolute Gasteiger partial charge is 0.122 e. The zero-order chi connectivity index (χ0) is 20.3. The van der Waals surface area contributed by atoms with Crippen LogP contribution in [0.4, 0.5) is 0 Å². The largest absolute Gasteiger partial charge is 0.508 e. The molecule has 3 N–H and O–H groups in total. The topological polar surface area (TPSA) is 60.7 Å². The van der Waals surface area contributed by atoms with Crippen LogP contribution in [-0.2, 0) is 19.3 Å². The minimum absolute atomic E-state index is 0.238. The molecule has 3 nitrogen and oxygen atoms in total. The van der Waals surface area contributed by atoms with Crippen LogP contribution in [0, 0.1) is 13.8 Å². The Morgan fingerprint density at radius 1 is 0.643 bits per heavy atom. The highest BCUT2D eigenvalue weighted by atomic mass is 16.3. The molecule has 146 valence electrons. The Labute approximate surface area is 166 Å². The predicted octanol–water partition coefficient (Wildman–Crippen LogP) is 5.55. The van der Waals surface area contributed by atoms with Crippen molar-refractivity contribution < 1.29 is 15.3 Å². The van der Waals surface area contributed by atoms with Gasteiger partial charge in [0.25, 0.3) is 0 Å². The van der Waals surface area contributed by atoms with Gasteiger partial charge in [0.15, 0.2) is 0 Å². The number of aryl methyl sites for hydroxylation is 3. The normalized spacial score (nSPS) is 11.0. The highest BCUT2D eigenvalue weighted by Gasteiger charge is 2.14. The lowest BCUT2D eigenvalue weighted by Crippen LogP contribution is -1.99. The van der Waals surface area contributed by atoms with Gasteiger partial charge in [-0.15, -0.1) is 0 Å². The summed E-state index contributed by atoms with van der Waals surface area (Å²) in [4.78, 5) is 0. The molecule has 0 bridgehead atoms. The highest BCUT2D eigenvalue weighted by Crippen LogP contribution is 2.33. The van der Waals surface area contributed by atoms with Crippen LogP contribution in [0.2, 0.25) is 0 Å². The third-order valence-electron chi connectivity index (χ3n) is 5.10. The van der Waals surface area contributed by atoms with Crippen LogP contribution < -0.4 is 0 Å². The second kappa shape index (κ2) is 8.39. The quantitative estimate of drug-likeness (QED) is 0.528. The summed E-state index contributed by atoms with van der Waals surface area (Å²) in [5.74, 6) is 0.717. The summed E-state index contributed by atoms with van der Waals surface area (Å²) in [6.45, 7) is 6.11. The van der Waals surface area contributed by atoms with E-state index in [1.165, 1.54) is 0 Å². The standard InChI is InChI=1S/C25H28O3/c1-4-5-18-12-21(14-19-10-16(2)6-8-23(19)26)25(28)22(13-18)15-20-11-17(3)7-9-24(20)27/h6-13,26-28H,4-5,14-15H2,1-3H3. The number of rotatable bonds is 6. The lowest BCUT2D eigenvalue weighted by atomic mass is 9.92. The maximum absolute atomic E-state index is 11.0. The van der Waals surface area contributed by atoms with Crippen molar-refractivity contribution in [1.82, 2.24) is 0 Å². The van der Waals surface area contributed by atoms with E-state index in [0.717, 1.165) is 51.8 Å². The van der Waals surface area contributed by atoms with Gasteiger partial charge in [0.05, 0.1) is 0 Å². The molecule has 3 rings (SSSR count). The lowest BCUT2D eigenvalue weighted by Gasteiger charge is -2.15. The first kappa shape index (κ1) is 19.8. The van der Waals surface area contributed by atoms with E-state index >= 15 is 0 Å². The molecule has 0 amide bonds. The Morgan fingerprint density at radius 3 is 1.54 bits per heavy atom. The molecule has 0 fully saturated rings. The molecule has 0 aromatic heterocycles. The van der Waals surface area contributed by atoms with Gasteiger partial charge in [0, 0.05) is 12.8 Å². The molecule has 0 aliphatic rings. The minimum atomic E-state index is 0.238. The molecule has 0 aliphatic carbocycles. The number of hydrogen-bond acceptors (Lipinski definition) is 3. The first-order chi connectivity index (χ1) is 13.4. The summed E-state index contributed by atoms with van der Waals surface area (Å²) in [5.41, 5.74) is 6.50. The summed E-state index contributed by atoms with van der Waals surface area (Å²) >= 11 is 0. The predicted molar refractivity (Wildman–Crippen MR) is 113 cm³/mol. The van der Waals surface area contributed by atoms with Gasteiger partial charge in [-0.05, 0) is 60.2 Å². The maximum atomic E-state index is 11.0. The fourth-order valence-corrected chi connectivity index (χ4v) is 3.66. The minimum Gasteiger partial charge on any atom is -0.508 e. The van der Waals surface area contributed by atoms with E-state index in [2.05, 4.69) is 6.92 Å². The molecular formula is C25H28O3. The summed E-state index contributed by atoms with van der Waals surface area (Å²) in [5, 5.41) is 31.4. The van der Waals surface area contributed by atoms with Crippen LogP contribution >= 0.6 is 0 Å². The van der Waals surface area contributed by atoms with Crippen molar-refractivity contribution in [2.45, 2.75) is 46.5 Å². The first-order valence-electron chi connectivity index (χ1n) is 9.78. The van der Waals surface area contributed by atoms with Gasteiger partial charge in [-0.25, -0.2) is 0 Å². The van der Waals surface area contributed by atoms with E-state index in [4.69, 9.17) is 0 Å². The van der Waals surface area contributed by atoms with Crippen molar-refractivity contribution in [1.29, 1.82) is 0 Å². The van der Waals surface area contributed by atoms with Crippen molar-refractivity contribution >= 4 is 0 Å². The van der Waals surface area contributed by atoms with E-state index in [0.29, 0.717) is 12.8 Å². The fourth-order valence-electron chi connectivity index (χ4n) is 3.66. The first-order valence-corrected chi connectivity index (χ1v) is 9.78. The molecule has 0 saturated heterocycles. The van der Waals surface area contributed by atoms with Gasteiger partial charge in [-0.2, -0.15) is 0 Å². The molecule has 0 atom stereocenters. The Balaban J connectivity index is 2.03. The molecular weight excluding hydrogens is 348 g/mol. The zero-order valence-electron chi connectivity index (χ0n) is 16.8. The van der Waals surface area contributed by atoms with Crippen molar-refractivity contribution in [3.8, 4) is 17.2 Å². The molecule has 0 heterocycles. The van der Waals surface area contributed by atoms with Crippen LogP contribution in [0.5, 0.6) is 17.2 Å². The van der Waals surface area contributed by atoms with Gasteiger partial charge < -0.3 is 15.3 Å². The van der Waals surface area contributed by atoms with E-state index in [1.54, 1.807) is 12.1 Å². The van der Waals surface area contributed by atoms with Gasteiger partial charge in [-0.1, -0.05) is 60.9 Å². The van der Waals surface area contributed by atoms with E-state index < -0.39 is 0 Å². The third kappa shape index (κ3) is 4.48. The van der Waals surface area contributed by atoms with E-state index in [-0.39, 0.29) is 17.2 Å². The third-order valence-corrected chi connectivity index (χ3v) is 5.10. The van der Waals surface area contributed by atoms with Crippen molar-refractivity contribution in [3.05, 3.63) is 87.5 Å². The average molecular weight is 376 g/mol. The number of phenols is 3. The fraction of sp³-hybridized carbons (Fsp3) is 0.280. The molecule has 0 unspecified atom stereocenters. The number of hydrogen-bond donors (Lipinski definition) is 3. The molecule has 0 aliphatic heterocycles. The number of phenolic OH excluding ortho intramolecular Hbond substituents is 3. The van der Waals surface area contributed by atoms with E-state index in [9.17, 15) is 15.3 Å². The molecule has 28 heavy (non-hydrogen) atoms. The Kier molecular flexibility index (Phi) is 5.93. The Hall–Kier alpha value is -2.94. The summed E-state index contributed by atoms with van der Waals surface area (Å²) in [6.07, 6.45) is 2.85. The van der Waals surface area contributed by atoms with Crippen molar-refractivity contribution in [2.75, 3.05) is 0 Å². The summed E-state index contributed by atoms with van der Waals surface area (Å²) in [6, 6.07) is 15.1. The molecule has 3 aromatic rings. The van der Waals surface area contributed by atoms with Crippen LogP contribution in [0.3, 0.4) is 0 Å². The van der Waals surface area contributed by atoms with Crippen LogP contribution in [-0.4, -0.2) is 15.3 Å². The average Bonchev–Trinajstić information content (AvgIpc) is 2.65. The second-order valence-electron chi connectivity index (χ2n) is 7.63. The van der Waals surface area contributed by atoms with Crippen molar-refractivity contribution in [2.24, 2.45) is 0 Å². The lowest BCUT2D eigenvalue weighted by molar-refractivity contribution is 0.456. The number of aromatic hydroxyl groups is 3. The van der Waals surface area contributed by atoms with Gasteiger partial charge in [0.2, 0.25) is 0 Å². The monoisotopic (exact) mass is 376 g/mol. The molecule has 3 heteroatoms. The Bertz CT molecular complexity index is 915. The number of benzene rings is 3. The Morgan fingerprint density at radius 2 is 1.11 bits per heavy atom. The molecule has 0 radical (unpaired) electrons. The van der Waals surface area contributed by atoms with Crippen LogP contribution in [0.25, 0.3) is 0 Å².